The van der Waals surface area contributed by atoms with Crippen LogP contribution in [0, 0.1) is 0 Å². The average molecular weight is 191 g/mol. The van der Waals surface area contributed by atoms with Crippen LogP contribution in [0.1, 0.15) is 17.3 Å². The Labute approximate surface area is 75.1 Å². The van der Waals surface area contributed by atoms with Gasteiger partial charge in [0.25, 0.3) is 0 Å². The standard InChI is InChI=1S/C7H11ClN2S/c8-5-2-4-11-7(5)6(10)1-3-9/h2,4,6H,1,3,9-10H2/t6-/m1/s1. The lowest BCUT2D eigenvalue weighted by Gasteiger charge is -2.07. The lowest BCUT2D eigenvalue weighted by Crippen LogP contribution is -2.14. The predicted molar refractivity (Wildman–Crippen MR) is 49.9 cm³/mol. The molecule has 62 valence electrons. The molecule has 1 aromatic rings. The Bertz CT molecular complexity index is 224. The van der Waals surface area contributed by atoms with Crippen molar-refractivity contribution in [1.29, 1.82) is 0 Å². The van der Waals surface area contributed by atoms with Crippen molar-refractivity contribution in [3.63, 3.8) is 0 Å². The second-order valence-electron chi connectivity index (χ2n) is 2.32. The SMILES string of the molecule is NCC[C@@H](N)c1sccc1Cl. The van der Waals surface area contributed by atoms with Crippen LogP contribution in [0.3, 0.4) is 0 Å². The van der Waals surface area contributed by atoms with Crippen molar-refractivity contribution in [2.45, 2.75) is 12.5 Å². The van der Waals surface area contributed by atoms with Gasteiger partial charge in [-0.1, -0.05) is 11.6 Å². The van der Waals surface area contributed by atoms with Crippen molar-refractivity contribution < 1.29 is 0 Å². The summed E-state index contributed by atoms with van der Waals surface area (Å²) in [4.78, 5) is 1.04. The van der Waals surface area contributed by atoms with E-state index in [1.165, 1.54) is 0 Å². The average Bonchev–Trinajstić information content (AvgIpc) is 2.36. The lowest BCUT2D eigenvalue weighted by molar-refractivity contribution is 0.672. The second-order valence-corrected chi connectivity index (χ2v) is 3.67. The monoisotopic (exact) mass is 190 g/mol. The molecule has 0 amide bonds. The Morgan fingerprint density at radius 1 is 1.64 bits per heavy atom. The fraction of sp³-hybridized carbons (Fsp3) is 0.429. The van der Waals surface area contributed by atoms with Gasteiger partial charge in [-0.3, -0.25) is 0 Å². The van der Waals surface area contributed by atoms with Crippen molar-refractivity contribution >= 4 is 22.9 Å². The molecule has 0 saturated heterocycles. The number of hydrogen-bond donors (Lipinski definition) is 2. The van der Waals surface area contributed by atoms with Crippen molar-refractivity contribution in [1.82, 2.24) is 0 Å². The summed E-state index contributed by atoms with van der Waals surface area (Å²) in [5, 5.41) is 2.70. The maximum Gasteiger partial charge on any atom is 0.0561 e. The highest BCUT2D eigenvalue weighted by atomic mass is 35.5. The number of halogens is 1. The fourth-order valence-corrected chi connectivity index (χ4v) is 2.12. The van der Waals surface area contributed by atoms with Gasteiger partial charge in [0.05, 0.1) is 5.02 Å². The Morgan fingerprint density at radius 3 is 2.82 bits per heavy atom. The molecule has 4 N–H and O–H groups in total. The van der Waals surface area contributed by atoms with E-state index in [2.05, 4.69) is 0 Å². The summed E-state index contributed by atoms with van der Waals surface area (Å²) >= 11 is 7.45. The number of nitrogens with two attached hydrogens (primary N) is 2. The molecule has 0 aliphatic rings. The van der Waals surface area contributed by atoms with Gasteiger partial charge >= 0.3 is 0 Å². The molecule has 1 aromatic heterocycles. The van der Waals surface area contributed by atoms with Crippen molar-refractivity contribution in [3.8, 4) is 0 Å². The molecule has 0 fully saturated rings. The van der Waals surface area contributed by atoms with E-state index in [9.17, 15) is 0 Å². The van der Waals surface area contributed by atoms with Crippen LogP contribution in [0.4, 0.5) is 0 Å². The highest BCUT2D eigenvalue weighted by Crippen LogP contribution is 2.28. The Hall–Kier alpha value is -0.0900. The molecule has 4 heteroatoms. The minimum Gasteiger partial charge on any atom is -0.330 e. The third kappa shape index (κ3) is 2.17. The molecule has 0 aromatic carbocycles. The van der Waals surface area contributed by atoms with E-state index in [1.807, 2.05) is 11.4 Å². The predicted octanol–water partition coefficient (Wildman–Crippen LogP) is 1.75. The van der Waals surface area contributed by atoms with Crippen molar-refractivity contribution in [2.24, 2.45) is 11.5 Å². The van der Waals surface area contributed by atoms with Crippen LogP contribution < -0.4 is 11.5 Å². The molecule has 0 radical (unpaired) electrons. The summed E-state index contributed by atoms with van der Waals surface area (Å²) in [6, 6.07) is 1.87. The van der Waals surface area contributed by atoms with Gasteiger partial charge in [0.2, 0.25) is 0 Å². The van der Waals surface area contributed by atoms with Gasteiger partial charge in [0.1, 0.15) is 0 Å². The van der Waals surface area contributed by atoms with E-state index < -0.39 is 0 Å². The van der Waals surface area contributed by atoms with E-state index in [4.69, 9.17) is 23.1 Å². The zero-order chi connectivity index (χ0) is 8.27. The molecule has 11 heavy (non-hydrogen) atoms. The van der Waals surface area contributed by atoms with E-state index >= 15 is 0 Å². The lowest BCUT2D eigenvalue weighted by atomic mass is 10.2. The van der Waals surface area contributed by atoms with Gasteiger partial charge in [-0.05, 0) is 24.4 Å². The van der Waals surface area contributed by atoms with Crippen LogP contribution in [0.5, 0.6) is 0 Å². The zero-order valence-corrected chi connectivity index (χ0v) is 7.66. The molecule has 0 saturated carbocycles. The fourth-order valence-electron chi connectivity index (χ4n) is 0.881. The first-order chi connectivity index (χ1) is 5.25. The summed E-state index contributed by atoms with van der Waals surface area (Å²) in [6.07, 6.45) is 0.792. The van der Waals surface area contributed by atoms with E-state index in [0.717, 1.165) is 16.3 Å². The molecule has 0 spiro atoms. The molecule has 0 unspecified atom stereocenters. The van der Waals surface area contributed by atoms with Gasteiger partial charge in [-0.25, -0.2) is 0 Å². The molecule has 1 heterocycles. The summed E-state index contributed by atoms with van der Waals surface area (Å²) in [5.74, 6) is 0. The molecule has 1 rings (SSSR count). The Morgan fingerprint density at radius 2 is 2.36 bits per heavy atom. The largest absolute Gasteiger partial charge is 0.330 e. The highest BCUT2D eigenvalue weighted by molar-refractivity contribution is 7.10. The maximum absolute atomic E-state index is 5.86. The highest BCUT2D eigenvalue weighted by Gasteiger charge is 2.09. The molecule has 1 atom stereocenters. The summed E-state index contributed by atoms with van der Waals surface area (Å²) < 4.78 is 0. The summed E-state index contributed by atoms with van der Waals surface area (Å²) in [6.45, 7) is 0.607. The first kappa shape index (κ1) is 9.00. The third-order valence-corrected chi connectivity index (χ3v) is 2.95. The minimum absolute atomic E-state index is 0.00694. The van der Waals surface area contributed by atoms with Crippen LogP contribution >= 0.6 is 22.9 Å². The smallest absolute Gasteiger partial charge is 0.0561 e. The van der Waals surface area contributed by atoms with E-state index in [1.54, 1.807) is 11.3 Å². The molecule has 0 bridgehead atoms. The van der Waals surface area contributed by atoms with E-state index in [0.29, 0.717) is 6.54 Å². The quantitative estimate of drug-likeness (QED) is 0.763. The zero-order valence-electron chi connectivity index (χ0n) is 6.09. The van der Waals surface area contributed by atoms with Gasteiger partial charge in [0.15, 0.2) is 0 Å². The normalized spacial score (nSPS) is 13.4. The summed E-state index contributed by atoms with van der Waals surface area (Å²) in [7, 11) is 0. The van der Waals surface area contributed by atoms with Crippen molar-refractivity contribution in [3.05, 3.63) is 21.3 Å². The molecule has 0 aliphatic carbocycles. The third-order valence-electron chi connectivity index (χ3n) is 1.46. The topological polar surface area (TPSA) is 52.0 Å². The van der Waals surface area contributed by atoms with Gasteiger partial charge in [-0.2, -0.15) is 0 Å². The second kappa shape index (κ2) is 4.07. The van der Waals surface area contributed by atoms with Gasteiger partial charge in [-0.15, -0.1) is 11.3 Å². The van der Waals surface area contributed by atoms with Crippen LogP contribution in [-0.2, 0) is 0 Å². The Balaban J connectivity index is 2.67. The van der Waals surface area contributed by atoms with Gasteiger partial charge < -0.3 is 11.5 Å². The summed E-state index contributed by atoms with van der Waals surface area (Å²) in [5.41, 5.74) is 11.2. The molecular formula is C7H11ClN2S. The Kier molecular flexibility index (Phi) is 3.33. The number of rotatable bonds is 3. The van der Waals surface area contributed by atoms with Crippen LogP contribution in [0.25, 0.3) is 0 Å². The molecule has 2 nitrogen and oxygen atoms in total. The van der Waals surface area contributed by atoms with Crippen LogP contribution in [-0.4, -0.2) is 6.54 Å². The molecular weight excluding hydrogens is 180 g/mol. The first-order valence-electron chi connectivity index (χ1n) is 3.44. The van der Waals surface area contributed by atoms with E-state index in [-0.39, 0.29) is 6.04 Å². The van der Waals surface area contributed by atoms with Crippen LogP contribution in [0.15, 0.2) is 11.4 Å². The molecule has 0 aliphatic heterocycles. The van der Waals surface area contributed by atoms with Crippen molar-refractivity contribution in [2.75, 3.05) is 6.54 Å². The number of hydrogen-bond acceptors (Lipinski definition) is 3. The maximum atomic E-state index is 5.86. The first-order valence-corrected chi connectivity index (χ1v) is 4.70. The van der Waals surface area contributed by atoms with Gasteiger partial charge in [0, 0.05) is 10.9 Å². The number of thiophene rings is 1. The minimum atomic E-state index is 0.00694. The van der Waals surface area contributed by atoms with Crippen LogP contribution in [0.2, 0.25) is 5.02 Å².